The van der Waals surface area contributed by atoms with Crippen LogP contribution in [0.4, 0.5) is 0 Å². The molecule has 0 amide bonds. The lowest BCUT2D eigenvalue weighted by molar-refractivity contribution is 0.0619. The van der Waals surface area contributed by atoms with Crippen molar-refractivity contribution in [1.82, 2.24) is 19.5 Å². The minimum absolute atomic E-state index is 0.512. The van der Waals surface area contributed by atoms with Crippen LogP contribution in [0, 0.1) is 5.92 Å². The Hall–Kier alpha value is -2.68. The molecule has 3 aromatic rings. The summed E-state index contributed by atoms with van der Waals surface area (Å²) >= 11 is 0. The summed E-state index contributed by atoms with van der Waals surface area (Å²) in [5.74, 6) is 6.57. The smallest absolute Gasteiger partial charge is 0.101 e. The SMILES string of the molecule is C/C(N)=C(\c1cnc2c3cnc(C(C)(C)O)cc3n(CC3CCOCC3)c2c1)N(C)N. The molecule has 8 heteroatoms. The Bertz CT molecular complexity index is 1130. The number of hydrogen-bond acceptors (Lipinski definition) is 7. The number of aliphatic hydroxyl groups is 1. The van der Waals surface area contributed by atoms with E-state index >= 15 is 0 Å². The summed E-state index contributed by atoms with van der Waals surface area (Å²) in [6, 6.07) is 4.08. The van der Waals surface area contributed by atoms with Crippen LogP contribution in [-0.4, -0.2) is 44.9 Å². The quantitative estimate of drug-likeness (QED) is 0.426. The highest BCUT2D eigenvalue weighted by atomic mass is 16.5. The molecular formula is C23H32N6O2. The maximum atomic E-state index is 10.5. The van der Waals surface area contributed by atoms with Gasteiger partial charge in [0.15, 0.2) is 0 Å². The number of fused-ring (bicyclic) bond motifs is 3. The van der Waals surface area contributed by atoms with Crippen molar-refractivity contribution in [3.05, 3.63) is 41.5 Å². The van der Waals surface area contributed by atoms with Crippen molar-refractivity contribution in [2.75, 3.05) is 20.3 Å². The minimum atomic E-state index is -1.03. The van der Waals surface area contributed by atoms with Crippen molar-refractivity contribution < 1.29 is 9.84 Å². The van der Waals surface area contributed by atoms with E-state index in [0.717, 1.165) is 65.8 Å². The van der Waals surface area contributed by atoms with Gasteiger partial charge in [-0.1, -0.05) is 0 Å². The van der Waals surface area contributed by atoms with E-state index in [1.54, 1.807) is 27.1 Å². The Morgan fingerprint density at radius 2 is 1.94 bits per heavy atom. The van der Waals surface area contributed by atoms with E-state index in [0.29, 0.717) is 17.3 Å². The molecule has 0 radical (unpaired) electrons. The molecule has 0 spiro atoms. The van der Waals surface area contributed by atoms with Crippen LogP contribution < -0.4 is 11.6 Å². The number of hydrazine groups is 1. The second-order valence-corrected chi connectivity index (χ2v) is 9.05. The van der Waals surface area contributed by atoms with E-state index in [-0.39, 0.29) is 0 Å². The maximum Gasteiger partial charge on any atom is 0.101 e. The third-order valence-electron chi connectivity index (χ3n) is 5.99. The molecule has 1 saturated heterocycles. The number of nitrogens with zero attached hydrogens (tertiary/aromatic N) is 4. The first-order valence-corrected chi connectivity index (χ1v) is 10.7. The molecule has 0 saturated carbocycles. The molecule has 4 rings (SSSR count). The number of hydrogen-bond donors (Lipinski definition) is 3. The van der Waals surface area contributed by atoms with E-state index in [1.807, 2.05) is 19.2 Å². The van der Waals surface area contributed by atoms with E-state index in [9.17, 15) is 5.11 Å². The van der Waals surface area contributed by atoms with Crippen molar-refractivity contribution in [2.24, 2.45) is 17.5 Å². The van der Waals surface area contributed by atoms with Gasteiger partial charge < -0.3 is 25.2 Å². The molecule has 1 fully saturated rings. The van der Waals surface area contributed by atoms with Gasteiger partial charge in [0.25, 0.3) is 0 Å². The van der Waals surface area contributed by atoms with Gasteiger partial charge in [-0.3, -0.25) is 9.97 Å². The van der Waals surface area contributed by atoms with Crippen LogP contribution in [0.5, 0.6) is 0 Å². The monoisotopic (exact) mass is 424 g/mol. The highest BCUT2D eigenvalue weighted by Gasteiger charge is 2.23. The molecule has 31 heavy (non-hydrogen) atoms. The van der Waals surface area contributed by atoms with E-state index in [4.69, 9.17) is 21.3 Å². The summed E-state index contributed by atoms with van der Waals surface area (Å²) in [6.07, 6.45) is 5.67. The van der Waals surface area contributed by atoms with E-state index in [2.05, 4.69) is 15.6 Å². The first kappa shape index (κ1) is 21.5. The summed E-state index contributed by atoms with van der Waals surface area (Å²) in [5, 5.41) is 13.0. The van der Waals surface area contributed by atoms with Gasteiger partial charge in [-0.25, -0.2) is 5.84 Å². The lowest BCUT2D eigenvalue weighted by Gasteiger charge is -2.24. The van der Waals surface area contributed by atoms with Crippen LogP contribution in [0.3, 0.4) is 0 Å². The van der Waals surface area contributed by atoms with Gasteiger partial charge in [-0.15, -0.1) is 0 Å². The highest BCUT2D eigenvalue weighted by Crippen LogP contribution is 2.33. The Morgan fingerprint density at radius 1 is 1.23 bits per heavy atom. The predicted molar refractivity (Wildman–Crippen MR) is 123 cm³/mol. The van der Waals surface area contributed by atoms with Crippen LogP contribution in [0.1, 0.15) is 44.9 Å². The summed E-state index contributed by atoms with van der Waals surface area (Å²) in [5.41, 5.74) is 10.9. The first-order chi connectivity index (χ1) is 14.7. The second-order valence-electron chi connectivity index (χ2n) is 9.05. The lowest BCUT2D eigenvalue weighted by atomic mass is 10.00. The van der Waals surface area contributed by atoms with Crippen LogP contribution in [-0.2, 0) is 16.9 Å². The molecule has 4 heterocycles. The molecular weight excluding hydrogens is 392 g/mol. The Balaban J connectivity index is 1.95. The van der Waals surface area contributed by atoms with Gasteiger partial charge in [0.2, 0.25) is 0 Å². The average Bonchev–Trinajstić information content (AvgIpc) is 3.00. The van der Waals surface area contributed by atoms with Crippen LogP contribution in [0.2, 0.25) is 0 Å². The highest BCUT2D eigenvalue weighted by molar-refractivity contribution is 6.06. The fraction of sp³-hybridized carbons (Fsp3) is 0.478. The molecule has 166 valence electrons. The average molecular weight is 425 g/mol. The van der Waals surface area contributed by atoms with E-state index < -0.39 is 5.60 Å². The van der Waals surface area contributed by atoms with Gasteiger partial charge in [0.05, 0.1) is 27.9 Å². The van der Waals surface area contributed by atoms with Crippen molar-refractivity contribution in [3.63, 3.8) is 0 Å². The van der Waals surface area contributed by atoms with Crippen molar-refractivity contribution >= 4 is 27.6 Å². The third kappa shape index (κ3) is 4.11. The van der Waals surface area contributed by atoms with Gasteiger partial charge >= 0.3 is 0 Å². The zero-order valence-corrected chi connectivity index (χ0v) is 18.7. The molecule has 0 unspecified atom stereocenters. The number of nitrogens with two attached hydrogens (primary N) is 2. The van der Waals surface area contributed by atoms with Gasteiger partial charge in [0.1, 0.15) is 5.60 Å². The Morgan fingerprint density at radius 3 is 2.55 bits per heavy atom. The van der Waals surface area contributed by atoms with Gasteiger partial charge in [0, 0.05) is 55.8 Å². The Labute approximate surface area is 182 Å². The molecule has 0 bridgehead atoms. The van der Waals surface area contributed by atoms with Crippen molar-refractivity contribution in [1.29, 1.82) is 0 Å². The molecule has 1 aliphatic heterocycles. The summed E-state index contributed by atoms with van der Waals surface area (Å²) in [7, 11) is 1.77. The number of allylic oxidation sites excluding steroid dienone is 1. The number of pyridine rings is 2. The third-order valence-corrected chi connectivity index (χ3v) is 5.99. The molecule has 0 aliphatic carbocycles. The van der Waals surface area contributed by atoms with Crippen LogP contribution >= 0.6 is 0 Å². The van der Waals surface area contributed by atoms with Gasteiger partial charge in [-0.05, 0) is 51.7 Å². The maximum absolute atomic E-state index is 10.5. The summed E-state index contributed by atoms with van der Waals surface area (Å²) < 4.78 is 7.86. The molecule has 1 aliphatic rings. The predicted octanol–water partition coefficient (Wildman–Crippen LogP) is 2.69. The molecule has 5 N–H and O–H groups in total. The lowest BCUT2D eigenvalue weighted by Crippen LogP contribution is -2.26. The molecule has 3 aromatic heterocycles. The van der Waals surface area contributed by atoms with Crippen molar-refractivity contribution in [3.8, 4) is 0 Å². The number of aromatic nitrogens is 3. The zero-order chi connectivity index (χ0) is 22.3. The molecule has 8 nitrogen and oxygen atoms in total. The van der Waals surface area contributed by atoms with Crippen LogP contribution in [0.25, 0.3) is 27.6 Å². The summed E-state index contributed by atoms with van der Waals surface area (Å²) in [6.45, 7) is 7.77. The fourth-order valence-corrected chi connectivity index (χ4v) is 4.40. The number of rotatable bonds is 5. The fourth-order valence-electron chi connectivity index (χ4n) is 4.40. The topological polar surface area (TPSA) is 115 Å². The van der Waals surface area contributed by atoms with Crippen molar-refractivity contribution in [2.45, 2.75) is 45.8 Å². The number of ether oxygens (including phenoxy) is 1. The van der Waals surface area contributed by atoms with Gasteiger partial charge in [-0.2, -0.15) is 0 Å². The first-order valence-electron chi connectivity index (χ1n) is 10.7. The molecule has 0 aromatic carbocycles. The standard InChI is InChI=1S/C23H32N6O2/c1-14(24)22(28(4)25)16-9-19-21(27-11-16)17-12-26-20(23(2,3)30)10-18(17)29(19)13-15-5-7-31-8-6-15/h9-12,15,30H,5-8,13,24-25H2,1-4H3/b22-14-. The normalized spacial score (nSPS) is 16.7. The second kappa shape index (κ2) is 8.11. The summed E-state index contributed by atoms with van der Waals surface area (Å²) in [4.78, 5) is 9.30. The molecule has 0 atom stereocenters. The van der Waals surface area contributed by atoms with E-state index in [1.165, 1.54) is 5.01 Å². The van der Waals surface area contributed by atoms with Crippen LogP contribution in [0.15, 0.2) is 30.2 Å². The Kier molecular flexibility index (Phi) is 5.63. The minimum Gasteiger partial charge on any atom is -0.401 e. The zero-order valence-electron chi connectivity index (χ0n) is 18.7. The largest absolute Gasteiger partial charge is 0.401 e.